The van der Waals surface area contributed by atoms with E-state index in [-0.39, 0.29) is 22.4 Å². The van der Waals surface area contributed by atoms with Crippen LogP contribution < -0.4 is 0 Å². The summed E-state index contributed by atoms with van der Waals surface area (Å²) >= 11 is 5.55. The van der Waals surface area contributed by atoms with E-state index in [4.69, 9.17) is 11.6 Å². The highest BCUT2D eigenvalue weighted by Gasteiger charge is 2.26. The van der Waals surface area contributed by atoms with Gasteiger partial charge in [0.25, 0.3) is 5.69 Å². The Morgan fingerprint density at radius 1 is 1.41 bits per heavy atom. The van der Waals surface area contributed by atoms with E-state index in [1.807, 2.05) is 0 Å². The molecule has 0 spiro atoms. The molecule has 0 N–H and O–H groups in total. The average Bonchev–Trinajstić information content (AvgIpc) is 2.28. The van der Waals surface area contributed by atoms with Gasteiger partial charge in [0.05, 0.1) is 10.7 Å². The first-order valence-electron chi connectivity index (χ1n) is 4.90. The lowest BCUT2D eigenvalue weighted by atomic mass is 10.3. The molecule has 1 unspecified atom stereocenters. The summed E-state index contributed by atoms with van der Waals surface area (Å²) in [4.78, 5) is 9.79. The zero-order valence-corrected chi connectivity index (χ0v) is 10.7. The van der Waals surface area contributed by atoms with Crippen molar-refractivity contribution in [2.75, 3.05) is 11.6 Å². The number of rotatable bonds is 5. The van der Waals surface area contributed by atoms with Crippen molar-refractivity contribution in [3.8, 4) is 0 Å². The van der Waals surface area contributed by atoms with Gasteiger partial charge in [-0.05, 0) is 12.0 Å². The van der Waals surface area contributed by atoms with E-state index in [0.717, 1.165) is 0 Å². The molecular formula is C10H12ClNO4S. The van der Waals surface area contributed by atoms with Crippen molar-refractivity contribution in [1.29, 1.82) is 0 Å². The third-order valence-electron chi connectivity index (χ3n) is 2.16. The van der Waals surface area contributed by atoms with Crippen molar-refractivity contribution >= 4 is 27.1 Å². The maximum absolute atomic E-state index is 12.0. The second-order valence-electron chi connectivity index (χ2n) is 3.77. The van der Waals surface area contributed by atoms with Crippen LogP contribution in [0.2, 0.25) is 0 Å². The first kappa shape index (κ1) is 13.9. The number of hydrogen-bond donors (Lipinski definition) is 0. The van der Waals surface area contributed by atoms with Crippen molar-refractivity contribution < 1.29 is 13.3 Å². The number of sulfone groups is 1. The molecule has 7 heteroatoms. The summed E-state index contributed by atoms with van der Waals surface area (Å²) in [5.74, 6) is -0.247. The molecule has 5 nitrogen and oxygen atoms in total. The molecule has 0 bridgehead atoms. The number of halogens is 1. The summed E-state index contributed by atoms with van der Waals surface area (Å²) in [5, 5.41) is 10.7. The number of alkyl halides is 1. The minimum atomic E-state index is -3.67. The Morgan fingerprint density at radius 2 is 2.00 bits per heavy atom. The van der Waals surface area contributed by atoms with E-state index in [9.17, 15) is 18.5 Å². The molecule has 0 aliphatic carbocycles. The molecule has 1 atom stereocenters. The van der Waals surface area contributed by atoms with Crippen LogP contribution >= 0.6 is 11.6 Å². The maximum Gasteiger partial charge on any atom is 0.287 e. The zero-order valence-electron chi connectivity index (χ0n) is 9.17. The summed E-state index contributed by atoms with van der Waals surface area (Å²) in [6, 6.07) is 5.32. The molecular weight excluding hydrogens is 266 g/mol. The Bertz CT molecular complexity index is 515. The summed E-state index contributed by atoms with van der Waals surface area (Å²) in [5.41, 5.74) is -0.394. The fourth-order valence-electron chi connectivity index (χ4n) is 1.38. The predicted octanol–water partition coefficient (Wildman–Crippen LogP) is 2.24. The van der Waals surface area contributed by atoms with Crippen LogP contribution in [0.15, 0.2) is 29.2 Å². The Balaban J connectivity index is 3.20. The highest BCUT2D eigenvalue weighted by Crippen LogP contribution is 2.25. The van der Waals surface area contributed by atoms with E-state index in [0.29, 0.717) is 0 Å². The van der Waals surface area contributed by atoms with Gasteiger partial charge in [0.2, 0.25) is 0 Å². The summed E-state index contributed by atoms with van der Waals surface area (Å²) in [7, 11) is -3.67. The lowest BCUT2D eigenvalue weighted by Gasteiger charge is -2.08. The Kier molecular flexibility index (Phi) is 4.47. The van der Waals surface area contributed by atoms with Gasteiger partial charge in [-0.3, -0.25) is 10.1 Å². The van der Waals surface area contributed by atoms with Crippen molar-refractivity contribution in [3.05, 3.63) is 34.4 Å². The van der Waals surface area contributed by atoms with E-state index in [2.05, 4.69) is 0 Å². The second-order valence-corrected chi connectivity index (χ2v) is 6.08. The first-order valence-corrected chi connectivity index (χ1v) is 7.09. The van der Waals surface area contributed by atoms with Crippen molar-refractivity contribution in [1.82, 2.24) is 0 Å². The number of hydrogen-bond acceptors (Lipinski definition) is 4. The van der Waals surface area contributed by atoms with Gasteiger partial charge in [0.15, 0.2) is 9.84 Å². The maximum atomic E-state index is 12.0. The average molecular weight is 278 g/mol. The molecule has 17 heavy (non-hydrogen) atoms. The van der Waals surface area contributed by atoms with Crippen molar-refractivity contribution in [2.45, 2.75) is 11.8 Å². The van der Waals surface area contributed by atoms with E-state index < -0.39 is 20.4 Å². The normalized spacial score (nSPS) is 13.3. The molecule has 0 saturated heterocycles. The molecule has 0 radical (unpaired) electrons. The van der Waals surface area contributed by atoms with Gasteiger partial charge < -0.3 is 0 Å². The first-order chi connectivity index (χ1) is 7.88. The minimum Gasteiger partial charge on any atom is -0.258 e. The molecule has 0 aromatic heterocycles. The predicted molar refractivity (Wildman–Crippen MR) is 65.0 cm³/mol. The van der Waals surface area contributed by atoms with Crippen LogP contribution in [0.25, 0.3) is 0 Å². The Morgan fingerprint density at radius 3 is 2.53 bits per heavy atom. The van der Waals surface area contributed by atoms with Crippen LogP contribution in [0, 0.1) is 16.0 Å². The van der Waals surface area contributed by atoms with Crippen LogP contribution in [0.4, 0.5) is 5.69 Å². The van der Waals surface area contributed by atoms with Crippen LogP contribution in [-0.4, -0.2) is 25.0 Å². The highest BCUT2D eigenvalue weighted by atomic mass is 35.5. The lowest BCUT2D eigenvalue weighted by molar-refractivity contribution is -0.387. The molecule has 0 amide bonds. The van der Waals surface area contributed by atoms with Crippen LogP contribution in [0.1, 0.15) is 6.92 Å². The molecule has 1 aromatic carbocycles. The summed E-state index contributed by atoms with van der Waals surface area (Å²) < 4.78 is 23.9. The van der Waals surface area contributed by atoms with E-state index in [1.54, 1.807) is 6.92 Å². The largest absolute Gasteiger partial charge is 0.287 e. The van der Waals surface area contributed by atoms with Crippen LogP contribution in [0.5, 0.6) is 0 Å². The molecule has 0 heterocycles. The van der Waals surface area contributed by atoms with Crippen LogP contribution in [0.3, 0.4) is 0 Å². The fourth-order valence-corrected chi connectivity index (χ4v) is 3.41. The number of nitro benzene ring substituents is 1. The molecule has 94 valence electrons. The number of nitrogens with zero attached hydrogens (tertiary/aromatic N) is 1. The topological polar surface area (TPSA) is 77.3 Å². The molecule has 0 aliphatic heterocycles. The molecule has 0 fully saturated rings. The standard InChI is InChI=1S/C10H12ClNO4S/c1-8(6-11)7-17(15,16)10-5-3-2-4-9(10)12(13)14/h2-5,8H,6-7H2,1H3. The highest BCUT2D eigenvalue weighted by molar-refractivity contribution is 7.91. The van der Waals surface area contributed by atoms with Gasteiger partial charge in [-0.2, -0.15) is 0 Å². The van der Waals surface area contributed by atoms with Crippen molar-refractivity contribution in [2.24, 2.45) is 5.92 Å². The minimum absolute atomic E-state index is 0.193. The van der Waals surface area contributed by atoms with E-state index in [1.165, 1.54) is 24.3 Å². The number of benzene rings is 1. The lowest BCUT2D eigenvalue weighted by Crippen LogP contribution is -2.16. The van der Waals surface area contributed by atoms with E-state index >= 15 is 0 Å². The summed E-state index contributed by atoms with van der Waals surface area (Å²) in [6.45, 7) is 1.68. The van der Waals surface area contributed by atoms with Gasteiger partial charge >= 0.3 is 0 Å². The molecule has 1 rings (SSSR count). The molecule has 0 aliphatic rings. The van der Waals surface area contributed by atoms with Gasteiger partial charge in [0, 0.05) is 11.9 Å². The SMILES string of the molecule is CC(CCl)CS(=O)(=O)c1ccccc1[N+](=O)[O-]. The smallest absolute Gasteiger partial charge is 0.258 e. The molecule has 0 saturated carbocycles. The summed E-state index contributed by atoms with van der Waals surface area (Å²) in [6.07, 6.45) is 0. The van der Waals surface area contributed by atoms with Gasteiger partial charge in [-0.15, -0.1) is 11.6 Å². The molecule has 1 aromatic rings. The fraction of sp³-hybridized carbons (Fsp3) is 0.400. The van der Waals surface area contributed by atoms with Gasteiger partial charge in [0.1, 0.15) is 4.90 Å². The third-order valence-corrected chi connectivity index (χ3v) is 4.71. The zero-order chi connectivity index (χ0) is 13.1. The second kappa shape index (κ2) is 5.46. The van der Waals surface area contributed by atoms with Crippen molar-refractivity contribution in [3.63, 3.8) is 0 Å². The van der Waals surface area contributed by atoms with Crippen LogP contribution in [-0.2, 0) is 9.84 Å². The third kappa shape index (κ3) is 3.41. The number of nitro groups is 1. The monoisotopic (exact) mass is 277 g/mol. The number of para-hydroxylation sites is 1. The van der Waals surface area contributed by atoms with Gasteiger partial charge in [-0.25, -0.2) is 8.42 Å². The Hall–Kier alpha value is -1.14. The quantitative estimate of drug-likeness (QED) is 0.470. The van der Waals surface area contributed by atoms with Gasteiger partial charge in [-0.1, -0.05) is 19.1 Å². The Labute approximate surface area is 104 Å².